The lowest BCUT2D eigenvalue weighted by atomic mass is 9.93. The molecule has 2 aromatic carbocycles. The van der Waals surface area contributed by atoms with E-state index in [2.05, 4.69) is 23.0 Å². The SMILES string of the molecule is CSc1cccc(CN(C)C(=O)C2CNNC2c2cccc(F)c2)c1. The zero-order chi connectivity index (χ0) is 17.8. The fourth-order valence-corrected chi connectivity index (χ4v) is 3.63. The second-order valence-corrected chi connectivity index (χ2v) is 7.09. The Bertz CT molecular complexity index is 755. The van der Waals surface area contributed by atoms with Gasteiger partial charge in [-0.1, -0.05) is 24.3 Å². The second-order valence-electron chi connectivity index (χ2n) is 6.21. The monoisotopic (exact) mass is 359 g/mol. The molecular weight excluding hydrogens is 337 g/mol. The van der Waals surface area contributed by atoms with Gasteiger partial charge in [-0.25, -0.2) is 9.82 Å². The third-order valence-corrected chi connectivity index (χ3v) is 5.16. The van der Waals surface area contributed by atoms with E-state index >= 15 is 0 Å². The van der Waals surface area contributed by atoms with Gasteiger partial charge in [-0.15, -0.1) is 11.8 Å². The van der Waals surface area contributed by atoms with Crippen molar-refractivity contribution in [2.75, 3.05) is 19.8 Å². The largest absolute Gasteiger partial charge is 0.341 e. The predicted octanol–water partition coefficient (Wildman–Crippen LogP) is 2.97. The van der Waals surface area contributed by atoms with Crippen molar-refractivity contribution in [1.82, 2.24) is 15.8 Å². The molecule has 3 rings (SSSR count). The van der Waals surface area contributed by atoms with Gasteiger partial charge in [0.1, 0.15) is 5.82 Å². The van der Waals surface area contributed by atoms with Crippen molar-refractivity contribution in [1.29, 1.82) is 0 Å². The maximum absolute atomic E-state index is 13.5. The second kappa shape index (κ2) is 7.99. The number of carbonyl (C=O) groups is 1. The van der Waals surface area contributed by atoms with Gasteiger partial charge in [0, 0.05) is 25.0 Å². The highest BCUT2D eigenvalue weighted by atomic mass is 32.2. The molecule has 2 unspecified atom stereocenters. The summed E-state index contributed by atoms with van der Waals surface area (Å²) in [5, 5.41) is 0. The van der Waals surface area contributed by atoms with E-state index < -0.39 is 0 Å². The van der Waals surface area contributed by atoms with Crippen molar-refractivity contribution in [3.05, 3.63) is 65.5 Å². The van der Waals surface area contributed by atoms with Gasteiger partial charge in [0.05, 0.1) is 12.0 Å². The molecular formula is C19H22FN3OS. The Hall–Kier alpha value is -1.89. The Labute approximate surface area is 151 Å². The Morgan fingerprint density at radius 2 is 2.08 bits per heavy atom. The number of nitrogens with one attached hydrogen (secondary N) is 2. The van der Waals surface area contributed by atoms with E-state index in [0.29, 0.717) is 13.1 Å². The van der Waals surface area contributed by atoms with Gasteiger partial charge in [-0.3, -0.25) is 10.2 Å². The number of hydrazine groups is 1. The number of hydrogen-bond acceptors (Lipinski definition) is 4. The summed E-state index contributed by atoms with van der Waals surface area (Å²) in [6.07, 6.45) is 2.04. The molecule has 4 nitrogen and oxygen atoms in total. The van der Waals surface area contributed by atoms with Crippen molar-refractivity contribution >= 4 is 17.7 Å². The van der Waals surface area contributed by atoms with Crippen LogP contribution in [0, 0.1) is 11.7 Å². The molecule has 0 bridgehead atoms. The van der Waals surface area contributed by atoms with Crippen LogP contribution in [0.15, 0.2) is 53.4 Å². The predicted molar refractivity (Wildman–Crippen MR) is 98.5 cm³/mol. The van der Waals surface area contributed by atoms with Crippen LogP contribution in [0.5, 0.6) is 0 Å². The summed E-state index contributed by atoms with van der Waals surface area (Å²) in [5.41, 5.74) is 8.02. The molecule has 0 aromatic heterocycles. The number of amides is 1. The van der Waals surface area contributed by atoms with Crippen LogP contribution < -0.4 is 10.9 Å². The van der Waals surface area contributed by atoms with Crippen LogP contribution >= 0.6 is 11.8 Å². The van der Waals surface area contributed by atoms with Gasteiger partial charge in [0.25, 0.3) is 0 Å². The minimum atomic E-state index is -0.292. The first kappa shape index (κ1) is 17.9. The number of halogens is 1. The lowest BCUT2D eigenvalue weighted by Gasteiger charge is -2.24. The van der Waals surface area contributed by atoms with Crippen LogP contribution in [0.1, 0.15) is 17.2 Å². The molecule has 0 saturated carbocycles. The fraction of sp³-hybridized carbons (Fsp3) is 0.316. The van der Waals surface area contributed by atoms with Gasteiger partial charge in [-0.05, 0) is 41.6 Å². The molecule has 132 valence electrons. The van der Waals surface area contributed by atoms with Crippen LogP contribution in [-0.4, -0.2) is 30.7 Å². The number of thioether (sulfide) groups is 1. The number of hydrogen-bond donors (Lipinski definition) is 2. The molecule has 0 radical (unpaired) electrons. The molecule has 0 aliphatic carbocycles. The molecule has 1 aliphatic rings. The normalized spacial score (nSPS) is 19.8. The highest BCUT2D eigenvalue weighted by molar-refractivity contribution is 7.98. The highest BCUT2D eigenvalue weighted by Gasteiger charge is 2.35. The maximum Gasteiger partial charge on any atom is 0.229 e. The average Bonchev–Trinajstić information content (AvgIpc) is 3.11. The topological polar surface area (TPSA) is 44.4 Å². The Balaban J connectivity index is 1.72. The third-order valence-electron chi connectivity index (χ3n) is 4.44. The van der Waals surface area contributed by atoms with Crippen molar-refractivity contribution < 1.29 is 9.18 Å². The summed E-state index contributed by atoms with van der Waals surface area (Å²) in [5.74, 6) is -0.517. The summed E-state index contributed by atoms with van der Waals surface area (Å²) in [6.45, 7) is 1.08. The third kappa shape index (κ3) is 4.21. The van der Waals surface area contributed by atoms with E-state index in [1.54, 1.807) is 22.7 Å². The van der Waals surface area contributed by atoms with Gasteiger partial charge in [0.15, 0.2) is 0 Å². The molecule has 1 fully saturated rings. The zero-order valence-corrected chi connectivity index (χ0v) is 15.1. The Morgan fingerprint density at radius 1 is 1.28 bits per heavy atom. The first-order chi connectivity index (χ1) is 12.1. The number of rotatable bonds is 5. The fourth-order valence-electron chi connectivity index (χ4n) is 3.15. The highest BCUT2D eigenvalue weighted by Crippen LogP contribution is 2.27. The molecule has 25 heavy (non-hydrogen) atoms. The van der Waals surface area contributed by atoms with E-state index in [0.717, 1.165) is 11.1 Å². The molecule has 1 saturated heterocycles. The Kier molecular flexibility index (Phi) is 5.73. The van der Waals surface area contributed by atoms with Crippen LogP contribution in [0.2, 0.25) is 0 Å². The minimum Gasteiger partial charge on any atom is -0.341 e. The van der Waals surface area contributed by atoms with Crippen molar-refractivity contribution in [3.8, 4) is 0 Å². The minimum absolute atomic E-state index is 0.0429. The Morgan fingerprint density at radius 3 is 2.84 bits per heavy atom. The molecule has 1 amide bonds. The van der Waals surface area contributed by atoms with E-state index in [1.807, 2.05) is 31.5 Å². The van der Waals surface area contributed by atoms with Crippen LogP contribution in [0.25, 0.3) is 0 Å². The molecule has 2 atom stereocenters. The first-order valence-electron chi connectivity index (χ1n) is 8.20. The van der Waals surface area contributed by atoms with Crippen molar-refractivity contribution in [2.24, 2.45) is 5.92 Å². The lowest BCUT2D eigenvalue weighted by Crippen LogP contribution is -2.36. The average molecular weight is 359 g/mol. The van der Waals surface area contributed by atoms with Crippen molar-refractivity contribution in [2.45, 2.75) is 17.5 Å². The lowest BCUT2D eigenvalue weighted by molar-refractivity contribution is -0.134. The van der Waals surface area contributed by atoms with Gasteiger partial charge < -0.3 is 4.90 Å². The van der Waals surface area contributed by atoms with Crippen molar-refractivity contribution in [3.63, 3.8) is 0 Å². The van der Waals surface area contributed by atoms with E-state index in [1.165, 1.54) is 17.0 Å². The summed E-state index contributed by atoms with van der Waals surface area (Å²) in [7, 11) is 1.81. The van der Waals surface area contributed by atoms with Crippen LogP contribution in [0.4, 0.5) is 4.39 Å². The quantitative estimate of drug-likeness (QED) is 0.806. The zero-order valence-electron chi connectivity index (χ0n) is 14.3. The standard InChI is InChI=1S/C19H22FN3OS/c1-23(12-13-5-3-8-16(9-13)25-2)19(24)17-11-21-22-18(17)14-6-4-7-15(20)10-14/h3-10,17-18,21-22H,11-12H2,1-2H3. The number of nitrogens with zero attached hydrogens (tertiary/aromatic N) is 1. The number of carbonyl (C=O) groups excluding carboxylic acids is 1. The van der Waals surface area contributed by atoms with Gasteiger partial charge >= 0.3 is 0 Å². The molecule has 6 heteroatoms. The van der Waals surface area contributed by atoms with Gasteiger partial charge in [0.2, 0.25) is 5.91 Å². The van der Waals surface area contributed by atoms with Crippen LogP contribution in [-0.2, 0) is 11.3 Å². The summed E-state index contributed by atoms with van der Waals surface area (Å²) in [6, 6.07) is 14.4. The first-order valence-corrected chi connectivity index (χ1v) is 9.42. The molecule has 1 aliphatic heterocycles. The summed E-state index contributed by atoms with van der Waals surface area (Å²) < 4.78 is 13.5. The smallest absolute Gasteiger partial charge is 0.229 e. The summed E-state index contributed by atoms with van der Waals surface area (Å²) in [4.78, 5) is 15.8. The molecule has 2 N–H and O–H groups in total. The molecule has 0 spiro atoms. The van der Waals surface area contributed by atoms with E-state index in [4.69, 9.17) is 0 Å². The van der Waals surface area contributed by atoms with Gasteiger partial charge in [-0.2, -0.15) is 0 Å². The van der Waals surface area contributed by atoms with E-state index in [9.17, 15) is 9.18 Å². The number of benzene rings is 2. The maximum atomic E-state index is 13.5. The molecule has 1 heterocycles. The van der Waals surface area contributed by atoms with Crippen LogP contribution in [0.3, 0.4) is 0 Å². The molecule has 2 aromatic rings. The summed E-state index contributed by atoms with van der Waals surface area (Å²) >= 11 is 1.68. The van der Waals surface area contributed by atoms with E-state index in [-0.39, 0.29) is 23.7 Å².